The summed E-state index contributed by atoms with van der Waals surface area (Å²) in [6, 6.07) is 9.08. The van der Waals surface area contributed by atoms with Gasteiger partial charge in [0.15, 0.2) is 17.7 Å². The second-order valence-electron chi connectivity index (χ2n) is 16.9. The number of ketones is 1. The Morgan fingerprint density at radius 1 is 1.05 bits per heavy atom. The number of esters is 1. The van der Waals surface area contributed by atoms with Crippen LogP contribution in [0.1, 0.15) is 86.6 Å². The van der Waals surface area contributed by atoms with Gasteiger partial charge in [0.05, 0.1) is 17.8 Å². The van der Waals surface area contributed by atoms with Gasteiger partial charge in [-0.1, -0.05) is 58.0 Å². The van der Waals surface area contributed by atoms with Gasteiger partial charge in [-0.25, -0.2) is 19.0 Å². The van der Waals surface area contributed by atoms with Crippen LogP contribution in [0.15, 0.2) is 35.3 Å². The molecule has 1 N–H and O–H groups in total. The number of Topliss-reactive ketones (excluding diaryl/α,β-unsaturated/α-hetero) is 1. The Kier molecular flexibility index (Phi) is 13.2. The SMILES string of the molecule is CC[C@@H]1OC(=O)C(C)(F)C(=O)[C@H](C)[C@@H](O[C@@H]2O[C@H](C)C[C@H](N(C)C)[C@H]2O)[C@@](C)(OC)C[C@@H](C)C2=NCN(CCCc3ccccc3)N3C(=O)O[C@@]1(C)[C@H]3[C@@H]2C. The number of nitrogens with zero attached hydrogens (tertiary/aromatic N) is 4. The summed E-state index contributed by atoms with van der Waals surface area (Å²) < 4.78 is 48.0. The van der Waals surface area contributed by atoms with E-state index in [-0.39, 0.29) is 37.6 Å². The predicted octanol–water partition coefficient (Wildman–Crippen LogP) is 4.98. The number of aliphatic hydroxyl groups excluding tert-OH is 1. The fraction of sp³-hybridized carbons (Fsp3) is 0.756. The minimum absolute atomic E-state index is 0.171. The molecule has 4 heterocycles. The fourth-order valence-corrected chi connectivity index (χ4v) is 9.47. The molecule has 308 valence electrons. The number of fused-ring (bicyclic) bond motifs is 1. The average Bonchev–Trinajstić information content (AvgIpc) is 3.31. The molecule has 1 unspecified atom stereocenters. The third-order valence-electron chi connectivity index (χ3n) is 12.5. The number of carbonyl (C=O) groups excluding carboxylic acids is 3. The van der Waals surface area contributed by atoms with Crippen LogP contribution < -0.4 is 0 Å². The van der Waals surface area contributed by atoms with Crippen LogP contribution in [-0.4, -0.2) is 138 Å². The fourth-order valence-electron chi connectivity index (χ4n) is 9.47. The van der Waals surface area contributed by atoms with Crippen LogP contribution in [0.3, 0.4) is 0 Å². The van der Waals surface area contributed by atoms with Gasteiger partial charge in [0.25, 0.3) is 5.67 Å². The lowest BCUT2D eigenvalue weighted by molar-refractivity contribution is -0.295. The highest BCUT2D eigenvalue weighted by Gasteiger charge is 2.63. The van der Waals surface area contributed by atoms with Crippen molar-refractivity contribution in [3.8, 4) is 0 Å². The van der Waals surface area contributed by atoms with E-state index in [0.717, 1.165) is 25.5 Å². The van der Waals surface area contributed by atoms with Gasteiger partial charge < -0.3 is 33.7 Å². The van der Waals surface area contributed by atoms with Crippen molar-refractivity contribution in [2.24, 2.45) is 22.7 Å². The number of carbonyl (C=O) groups is 3. The molecule has 0 spiro atoms. The van der Waals surface area contributed by atoms with Gasteiger partial charge in [0.2, 0.25) is 0 Å². The number of aryl methyl sites for hydroxylation is 1. The van der Waals surface area contributed by atoms with Gasteiger partial charge >= 0.3 is 12.1 Å². The molecular formula is C41H63FN4O9. The molecule has 4 aliphatic heterocycles. The van der Waals surface area contributed by atoms with Gasteiger partial charge in [0, 0.05) is 37.2 Å². The van der Waals surface area contributed by atoms with Crippen molar-refractivity contribution in [3.05, 3.63) is 35.9 Å². The van der Waals surface area contributed by atoms with Crippen LogP contribution in [-0.2, 0) is 39.7 Å². The number of alkyl halides is 1. The quantitative estimate of drug-likeness (QED) is 0.269. The second-order valence-corrected chi connectivity index (χ2v) is 16.9. The molecule has 3 saturated heterocycles. The Labute approximate surface area is 325 Å². The number of hydrogen-bond acceptors (Lipinski definition) is 12. The first kappa shape index (κ1) is 43.1. The van der Waals surface area contributed by atoms with E-state index in [0.29, 0.717) is 13.0 Å². The Morgan fingerprint density at radius 3 is 2.35 bits per heavy atom. The van der Waals surface area contributed by atoms with E-state index in [1.54, 1.807) is 25.8 Å². The van der Waals surface area contributed by atoms with Crippen LogP contribution in [0.5, 0.6) is 0 Å². The zero-order valence-corrected chi connectivity index (χ0v) is 34.5. The molecule has 13 nitrogen and oxygen atoms in total. The first-order valence-corrected chi connectivity index (χ1v) is 19.8. The number of hydrazine groups is 1. The summed E-state index contributed by atoms with van der Waals surface area (Å²) in [4.78, 5) is 49.3. The van der Waals surface area contributed by atoms with Crippen LogP contribution in [0.2, 0.25) is 0 Å². The molecule has 14 heteroatoms. The minimum atomic E-state index is -3.12. The van der Waals surface area contributed by atoms with E-state index in [1.165, 1.54) is 19.6 Å². The number of methoxy groups -OCH3 is 1. The summed E-state index contributed by atoms with van der Waals surface area (Å²) in [5.74, 6) is -4.46. The summed E-state index contributed by atoms with van der Waals surface area (Å²) in [5.41, 5.74) is -3.88. The van der Waals surface area contributed by atoms with E-state index in [2.05, 4.69) is 12.1 Å². The summed E-state index contributed by atoms with van der Waals surface area (Å²) in [6.07, 6.45) is -3.01. The highest BCUT2D eigenvalue weighted by molar-refractivity contribution is 6.08. The van der Waals surface area contributed by atoms with Gasteiger partial charge in [-0.15, -0.1) is 0 Å². The van der Waals surface area contributed by atoms with Gasteiger partial charge in [-0.05, 0) is 85.4 Å². The summed E-state index contributed by atoms with van der Waals surface area (Å²) >= 11 is 0. The third-order valence-corrected chi connectivity index (χ3v) is 12.5. The molecule has 0 aromatic heterocycles. The predicted molar refractivity (Wildman–Crippen MR) is 204 cm³/mol. The summed E-state index contributed by atoms with van der Waals surface area (Å²) in [6.45, 7) is 14.2. The van der Waals surface area contributed by atoms with Crippen molar-refractivity contribution in [1.29, 1.82) is 0 Å². The van der Waals surface area contributed by atoms with E-state index in [4.69, 9.17) is 28.7 Å². The normalized spacial score (nSPS) is 40.7. The zero-order valence-electron chi connectivity index (χ0n) is 34.5. The molecular weight excluding hydrogens is 711 g/mol. The van der Waals surface area contributed by atoms with Crippen molar-refractivity contribution < 1.29 is 47.6 Å². The maximum absolute atomic E-state index is 16.9. The summed E-state index contributed by atoms with van der Waals surface area (Å²) in [5, 5.41) is 15.0. The lowest BCUT2D eigenvalue weighted by atomic mass is 9.73. The number of hydrogen-bond donors (Lipinski definition) is 1. The number of aliphatic hydroxyl groups is 1. The number of likely N-dealkylation sites (N-methyl/N-ethyl adjacent to an activating group) is 1. The second kappa shape index (κ2) is 16.8. The average molecular weight is 775 g/mol. The molecule has 13 atom stereocenters. The van der Waals surface area contributed by atoms with Gasteiger partial charge in [-0.3, -0.25) is 9.79 Å². The van der Waals surface area contributed by atoms with Gasteiger partial charge in [-0.2, -0.15) is 5.01 Å². The standard InChI is InChI=1S/C41H63FN4O9/c1-12-30-41(8)33-26(4)31(43-23-45(46(33)38(50)55-41)20-16-19-28-17-14-13-15-18-28)24(2)22-39(6,51-11)35(27(5)34(48)40(7,42)37(49)53-30)54-36-32(47)29(44(9)10)21-25(3)52-36/h13-15,17-18,24-27,29-30,32-33,35-36,47H,12,16,19-23H2,1-11H3/t24-,25-,26-,27+,29+,30+,32-,33-,35-,36+,39+,40?,41-/m1/s1. The molecule has 5 rings (SSSR count). The van der Waals surface area contributed by atoms with Crippen LogP contribution in [0.4, 0.5) is 9.18 Å². The molecule has 2 bridgehead atoms. The van der Waals surface area contributed by atoms with Crippen molar-refractivity contribution in [1.82, 2.24) is 14.9 Å². The number of halogens is 1. The molecule has 0 saturated carbocycles. The third kappa shape index (κ3) is 8.36. The Morgan fingerprint density at radius 2 is 1.73 bits per heavy atom. The minimum Gasteiger partial charge on any atom is -0.455 e. The Balaban J connectivity index is 1.59. The number of rotatable bonds is 9. The lowest BCUT2D eigenvalue weighted by Crippen LogP contribution is -2.62. The molecule has 55 heavy (non-hydrogen) atoms. The van der Waals surface area contributed by atoms with Crippen LogP contribution in [0, 0.1) is 17.8 Å². The maximum atomic E-state index is 16.9. The monoisotopic (exact) mass is 774 g/mol. The first-order chi connectivity index (χ1) is 25.8. The van der Waals surface area contributed by atoms with E-state index < -0.39 is 77.2 Å². The summed E-state index contributed by atoms with van der Waals surface area (Å²) in [7, 11) is 5.21. The number of benzene rings is 1. The molecule has 1 amide bonds. The Hall–Kier alpha value is -3.01. The lowest BCUT2D eigenvalue weighted by Gasteiger charge is -2.47. The van der Waals surface area contributed by atoms with Crippen molar-refractivity contribution >= 4 is 23.6 Å². The molecule has 0 radical (unpaired) electrons. The van der Waals surface area contributed by atoms with E-state index >= 15 is 4.39 Å². The van der Waals surface area contributed by atoms with Gasteiger partial charge in [0.1, 0.15) is 24.9 Å². The molecule has 3 fully saturated rings. The maximum Gasteiger partial charge on any atom is 0.425 e. The largest absolute Gasteiger partial charge is 0.455 e. The van der Waals surface area contributed by atoms with E-state index in [9.17, 15) is 19.5 Å². The zero-order chi connectivity index (χ0) is 40.6. The molecule has 4 aliphatic rings. The van der Waals surface area contributed by atoms with Crippen molar-refractivity contribution in [2.45, 2.75) is 147 Å². The highest BCUT2D eigenvalue weighted by atomic mass is 19.1. The first-order valence-electron chi connectivity index (χ1n) is 19.8. The number of amides is 1. The van der Waals surface area contributed by atoms with Crippen molar-refractivity contribution in [2.75, 3.05) is 34.4 Å². The highest BCUT2D eigenvalue weighted by Crippen LogP contribution is 2.45. The number of cyclic esters (lactones) is 1. The number of ether oxygens (including phenoxy) is 5. The molecule has 1 aromatic rings. The van der Waals surface area contributed by atoms with Crippen molar-refractivity contribution in [3.63, 3.8) is 0 Å². The Bertz CT molecular complexity index is 1560. The smallest absolute Gasteiger partial charge is 0.425 e. The molecule has 1 aromatic carbocycles. The van der Waals surface area contributed by atoms with Crippen LogP contribution in [0.25, 0.3) is 0 Å². The van der Waals surface area contributed by atoms with Crippen LogP contribution >= 0.6 is 0 Å². The van der Waals surface area contributed by atoms with E-state index in [1.807, 2.05) is 63.0 Å². The molecule has 0 aliphatic carbocycles. The topological polar surface area (TPSA) is 140 Å². The number of aliphatic imine (C=N–C) groups is 1.